The molecule has 4 rings (SSSR count). The third kappa shape index (κ3) is 5.86. The van der Waals surface area contributed by atoms with E-state index in [1.165, 1.54) is 38.9 Å². The summed E-state index contributed by atoms with van der Waals surface area (Å²) >= 11 is 4.13. The molecule has 0 aliphatic heterocycles. The molecule has 0 aliphatic rings. The van der Waals surface area contributed by atoms with E-state index in [0.29, 0.717) is 28.6 Å². The number of benzene rings is 1. The second kappa shape index (κ2) is 11.7. The van der Waals surface area contributed by atoms with Crippen LogP contribution in [0, 0.1) is 0 Å². The number of esters is 1. The lowest BCUT2D eigenvalue weighted by molar-refractivity contribution is -0.131. The summed E-state index contributed by atoms with van der Waals surface area (Å²) in [5.74, 6) is 0.647. The number of alkyl halides is 1. The number of furan rings is 2. The SMILES string of the molecule is COc1cc(NC(=O)CSc2nnc(-c3ccco3)c(-c3ccco3)n2)cc(OC)c1OC(=O)CBr. The molecule has 4 aromatic rings. The van der Waals surface area contributed by atoms with Crippen LogP contribution in [0.25, 0.3) is 22.9 Å². The van der Waals surface area contributed by atoms with Crippen molar-refractivity contribution in [2.45, 2.75) is 5.16 Å². The molecule has 36 heavy (non-hydrogen) atoms. The maximum atomic E-state index is 12.6. The number of carbonyl (C=O) groups is 2. The molecule has 1 amide bonds. The molecule has 0 atom stereocenters. The van der Waals surface area contributed by atoms with Crippen LogP contribution in [0.2, 0.25) is 0 Å². The predicted octanol–water partition coefficient (Wildman–Crippen LogP) is 4.44. The van der Waals surface area contributed by atoms with Gasteiger partial charge in [0.2, 0.25) is 16.8 Å². The molecule has 0 unspecified atom stereocenters. The summed E-state index contributed by atoms with van der Waals surface area (Å²) in [6.45, 7) is 0. The Morgan fingerprint density at radius 1 is 1.00 bits per heavy atom. The fourth-order valence-corrected chi connectivity index (χ4v) is 3.76. The van der Waals surface area contributed by atoms with Gasteiger partial charge in [-0.05, 0) is 24.3 Å². The number of hydrogen-bond acceptors (Lipinski definition) is 11. The van der Waals surface area contributed by atoms with E-state index in [0.717, 1.165) is 11.8 Å². The zero-order valence-corrected chi connectivity index (χ0v) is 21.4. The van der Waals surface area contributed by atoms with Crippen LogP contribution in [0.1, 0.15) is 0 Å². The topological polar surface area (TPSA) is 139 Å². The number of halogens is 1. The van der Waals surface area contributed by atoms with Crippen LogP contribution >= 0.6 is 27.7 Å². The first-order valence-electron chi connectivity index (χ1n) is 10.3. The van der Waals surface area contributed by atoms with Crippen molar-refractivity contribution in [3.8, 4) is 40.2 Å². The van der Waals surface area contributed by atoms with Crippen molar-refractivity contribution >= 4 is 45.3 Å². The molecular weight excluding hydrogens is 556 g/mol. The van der Waals surface area contributed by atoms with Gasteiger partial charge in [-0.2, -0.15) is 0 Å². The highest BCUT2D eigenvalue weighted by Gasteiger charge is 2.20. The van der Waals surface area contributed by atoms with Gasteiger partial charge in [0.25, 0.3) is 0 Å². The Morgan fingerprint density at radius 3 is 2.19 bits per heavy atom. The van der Waals surface area contributed by atoms with E-state index < -0.39 is 5.97 Å². The second-order valence-electron chi connectivity index (χ2n) is 6.90. The van der Waals surface area contributed by atoms with E-state index in [-0.39, 0.29) is 39.4 Å². The Kier molecular flexibility index (Phi) is 8.23. The summed E-state index contributed by atoms with van der Waals surface area (Å²) in [6.07, 6.45) is 3.05. The number of hydrogen-bond donors (Lipinski definition) is 1. The number of thioether (sulfide) groups is 1. The lowest BCUT2D eigenvalue weighted by Gasteiger charge is -2.15. The third-order valence-electron chi connectivity index (χ3n) is 4.58. The van der Waals surface area contributed by atoms with Gasteiger partial charge >= 0.3 is 5.97 Å². The van der Waals surface area contributed by atoms with E-state index in [2.05, 4.69) is 36.4 Å². The Hall–Kier alpha value is -3.84. The monoisotopic (exact) mass is 574 g/mol. The van der Waals surface area contributed by atoms with Gasteiger partial charge in [-0.3, -0.25) is 9.59 Å². The lowest BCUT2D eigenvalue weighted by Crippen LogP contribution is -2.15. The summed E-state index contributed by atoms with van der Waals surface area (Å²) in [5, 5.41) is 11.4. The number of aromatic nitrogens is 3. The molecule has 13 heteroatoms. The molecule has 0 bridgehead atoms. The van der Waals surface area contributed by atoms with Crippen molar-refractivity contribution in [2.75, 3.05) is 30.6 Å². The standard InChI is InChI=1S/C23H19BrN4O7S/c1-31-16-9-13(10-17(32-2)22(16)35-19(30)11-24)25-18(29)12-36-23-26-20(14-5-3-7-33-14)21(27-28-23)15-6-4-8-34-15/h3-10H,11-12H2,1-2H3,(H,25,29). The second-order valence-corrected chi connectivity index (χ2v) is 8.40. The minimum Gasteiger partial charge on any atom is -0.493 e. The van der Waals surface area contributed by atoms with Crippen molar-refractivity contribution in [3.05, 3.63) is 48.9 Å². The largest absolute Gasteiger partial charge is 0.493 e. The summed E-state index contributed by atoms with van der Waals surface area (Å²) in [6, 6.07) is 10.0. The van der Waals surface area contributed by atoms with Gasteiger partial charge in [-0.1, -0.05) is 27.7 Å². The van der Waals surface area contributed by atoms with Crippen LogP contribution in [-0.2, 0) is 9.59 Å². The Morgan fingerprint density at radius 2 is 1.64 bits per heavy atom. The molecule has 0 fully saturated rings. The van der Waals surface area contributed by atoms with Crippen LogP contribution in [0.3, 0.4) is 0 Å². The number of amides is 1. The molecule has 0 saturated heterocycles. The average Bonchev–Trinajstić information content (AvgIpc) is 3.62. The number of rotatable bonds is 10. The molecule has 3 heterocycles. The Balaban J connectivity index is 1.48. The van der Waals surface area contributed by atoms with Crippen LogP contribution in [0.5, 0.6) is 17.2 Å². The van der Waals surface area contributed by atoms with Crippen molar-refractivity contribution in [2.24, 2.45) is 0 Å². The van der Waals surface area contributed by atoms with Crippen LogP contribution < -0.4 is 19.5 Å². The highest BCUT2D eigenvalue weighted by Crippen LogP contribution is 2.40. The maximum absolute atomic E-state index is 12.6. The number of methoxy groups -OCH3 is 2. The molecule has 1 aromatic carbocycles. The number of anilines is 1. The quantitative estimate of drug-likeness (QED) is 0.124. The lowest BCUT2D eigenvalue weighted by atomic mass is 10.2. The molecule has 0 spiro atoms. The summed E-state index contributed by atoms with van der Waals surface area (Å²) in [5.41, 5.74) is 1.25. The minimum atomic E-state index is -0.527. The predicted molar refractivity (Wildman–Crippen MR) is 134 cm³/mol. The van der Waals surface area contributed by atoms with Gasteiger partial charge in [0, 0.05) is 17.8 Å². The summed E-state index contributed by atoms with van der Waals surface area (Å²) in [7, 11) is 2.82. The van der Waals surface area contributed by atoms with Gasteiger partial charge in [-0.25, -0.2) is 4.98 Å². The van der Waals surface area contributed by atoms with Crippen molar-refractivity contribution in [1.82, 2.24) is 15.2 Å². The Bertz CT molecular complexity index is 1320. The van der Waals surface area contributed by atoms with Crippen LogP contribution in [-0.4, -0.2) is 52.4 Å². The summed E-state index contributed by atoms with van der Waals surface area (Å²) < 4.78 is 26.8. The van der Waals surface area contributed by atoms with E-state index in [4.69, 9.17) is 23.0 Å². The summed E-state index contributed by atoms with van der Waals surface area (Å²) in [4.78, 5) is 28.9. The highest BCUT2D eigenvalue weighted by molar-refractivity contribution is 9.09. The third-order valence-corrected chi connectivity index (χ3v) is 5.87. The number of nitrogens with zero attached hydrogens (tertiary/aromatic N) is 3. The van der Waals surface area contributed by atoms with Gasteiger partial charge in [0.1, 0.15) is 11.0 Å². The number of carbonyl (C=O) groups excluding carboxylic acids is 2. The number of nitrogens with one attached hydrogen (secondary N) is 1. The molecule has 11 nitrogen and oxygen atoms in total. The first-order valence-corrected chi connectivity index (χ1v) is 12.4. The molecule has 0 saturated carbocycles. The van der Waals surface area contributed by atoms with E-state index in [9.17, 15) is 9.59 Å². The van der Waals surface area contributed by atoms with E-state index in [1.807, 2.05) is 0 Å². The highest BCUT2D eigenvalue weighted by atomic mass is 79.9. The molecule has 0 radical (unpaired) electrons. The normalized spacial score (nSPS) is 10.6. The van der Waals surface area contributed by atoms with Crippen molar-refractivity contribution < 1.29 is 32.6 Å². The van der Waals surface area contributed by atoms with Crippen LogP contribution in [0.15, 0.2) is 62.9 Å². The first-order chi connectivity index (χ1) is 17.5. The van der Waals surface area contributed by atoms with Gasteiger partial charge < -0.3 is 28.4 Å². The van der Waals surface area contributed by atoms with Crippen LogP contribution in [0.4, 0.5) is 5.69 Å². The maximum Gasteiger partial charge on any atom is 0.322 e. The molecule has 3 aromatic heterocycles. The van der Waals surface area contributed by atoms with Gasteiger partial charge in [0.05, 0.1) is 32.5 Å². The number of ether oxygens (including phenoxy) is 3. The molecule has 0 aliphatic carbocycles. The Labute approximate surface area is 217 Å². The fourth-order valence-electron chi connectivity index (χ4n) is 3.06. The molecule has 1 N–H and O–H groups in total. The van der Waals surface area contributed by atoms with E-state index >= 15 is 0 Å². The van der Waals surface area contributed by atoms with E-state index in [1.54, 1.807) is 24.3 Å². The minimum absolute atomic E-state index is 0.00389. The zero-order chi connectivity index (χ0) is 25.5. The van der Waals surface area contributed by atoms with Gasteiger partial charge in [-0.15, -0.1) is 10.2 Å². The first kappa shape index (κ1) is 25.3. The smallest absolute Gasteiger partial charge is 0.322 e. The average molecular weight is 575 g/mol. The van der Waals surface area contributed by atoms with Gasteiger partial charge in [0.15, 0.2) is 28.7 Å². The molecule has 186 valence electrons. The van der Waals surface area contributed by atoms with Crippen molar-refractivity contribution in [3.63, 3.8) is 0 Å². The zero-order valence-electron chi connectivity index (χ0n) is 19.0. The molecular formula is C23H19BrN4O7S. The fraction of sp³-hybridized carbons (Fsp3) is 0.174. The van der Waals surface area contributed by atoms with Crippen molar-refractivity contribution in [1.29, 1.82) is 0 Å².